The number of fused-ring (bicyclic) bond motifs is 2. The van der Waals surface area contributed by atoms with E-state index in [1.165, 1.54) is 24.0 Å². The van der Waals surface area contributed by atoms with Crippen molar-refractivity contribution in [3.8, 4) is 0 Å². The molecule has 1 aliphatic heterocycles. The Labute approximate surface area is 219 Å². The van der Waals surface area contributed by atoms with E-state index >= 15 is 0 Å². The smallest absolute Gasteiger partial charge is 0.338 e. The molecule has 2 aromatic heterocycles. The number of carbonyl (C=O) groups excluding carboxylic acids is 1. The van der Waals surface area contributed by atoms with Gasteiger partial charge < -0.3 is 9.30 Å². The van der Waals surface area contributed by atoms with Gasteiger partial charge in [-0.2, -0.15) is 0 Å². The number of methoxy groups -OCH3 is 1. The molecule has 0 aliphatic carbocycles. The van der Waals surface area contributed by atoms with Crippen LogP contribution in [0, 0.1) is 0 Å². The summed E-state index contributed by atoms with van der Waals surface area (Å²) in [4.78, 5) is 32.0. The minimum atomic E-state index is -0.617. The van der Waals surface area contributed by atoms with E-state index in [-0.39, 0.29) is 5.56 Å². The summed E-state index contributed by atoms with van der Waals surface area (Å²) >= 11 is 1.33. The first-order valence-corrected chi connectivity index (χ1v) is 13.0. The highest BCUT2D eigenvalue weighted by atomic mass is 32.1. The van der Waals surface area contributed by atoms with Crippen LogP contribution in [0.4, 0.5) is 0 Å². The normalized spacial score (nSPS) is 15.7. The lowest BCUT2D eigenvalue weighted by Crippen LogP contribution is -2.39. The molecule has 6 nitrogen and oxygen atoms in total. The highest BCUT2D eigenvalue weighted by Gasteiger charge is 2.33. The zero-order valence-corrected chi connectivity index (χ0v) is 22.2. The third-order valence-electron chi connectivity index (χ3n) is 6.78. The average Bonchev–Trinajstić information content (AvgIpc) is 3.40. The van der Waals surface area contributed by atoms with Crippen LogP contribution in [-0.4, -0.2) is 22.2 Å². The monoisotopic (exact) mass is 511 g/mol. The van der Waals surface area contributed by atoms with Crippen LogP contribution in [0.15, 0.2) is 88.4 Å². The van der Waals surface area contributed by atoms with E-state index in [2.05, 4.69) is 54.3 Å². The maximum absolute atomic E-state index is 13.9. The van der Waals surface area contributed by atoms with E-state index in [1.807, 2.05) is 42.6 Å². The molecule has 0 N–H and O–H groups in total. The summed E-state index contributed by atoms with van der Waals surface area (Å²) < 4.78 is 9.42. The number of benzene rings is 2. The van der Waals surface area contributed by atoms with Crippen molar-refractivity contribution in [1.29, 1.82) is 0 Å². The topological polar surface area (TPSA) is 65.6 Å². The Morgan fingerprint density at radius 1 is 1.19 bits per heavy atom. The number of hydrogen-bond acceptors (Lipinski definition) is 5. The minimum absolute atomic E-state index is 0.184. The van der Waals surface area contributed by atoms with E-state index in [0.29, 0.717) is 33.1 Å². The van der Waals surface area contributed by atoms with E-state index in [9.17, 15) is 9.59 Å². The number of rotatable bonds is 6. The largest absolute Gasteiger partial charge is 0.466 e. The van der Waals surface area contributed by atoms with Crippen LogP contribution in [0.1, 0.15) is 49.4 Å². The van der Waals surface area contributed by atoms with Crippen molar-refractivity contribution in [2.75, 3.05) is 7.11 Å². The molecule has 0 spiro atoms. The fraction of sp³-hybridized carbons (Fsp3) is 0.233. The summed E-state index contributed by atoms with van der Waals surface area (Å²) in [6.45, 7) is 10.6. The van der Waals surface area contributed by atoms with Gasteiger partial charge in [-0.3, -0.25) is 9.36 Å². The Kier molecular flexibility index (Phi) is 6.56. The second kappa shape index (κ2) is 9.82. The van der Waals surface area contributed by atoms with E-state index in [1.54, 1.807) is 11.5 Å². The summed E-state index contributed by atoms with van der Waals surface area (Å²) in [6, 6.07) is 15.6. The van der Waals surface area contributed by atoms with Crippen LogP contribution in [0.25, 0.3) is 17.0 Å². The van der Waals surface area contributed by atoms with Gasteiger partial charge in [0.1, 0.15) is 0 Å². The number of allylic oxidation sites excluding steroid dienone is 2. The first-order chi connectivity index (χ1) is 17.8. The highest BCUT2D eigenvalue weighted by molar-refractivity contribution is 7.07. The third-order valence-corrected chi connectivity index (χ3v) is 7.76. The van der Waals surface area contributed by atoms with Crippen molar-refractivity contribution >= 4 is 34.3 Å². The lowest BCUT2D eigenvalue weighted by molar-refractivity contribution is -0.136. The zero-order valence-electron chi connectivity index (χ0n) is 21.4. The number of aromatic nitrogens is 2. The van der Waals surface area contributed by atoms with Gasteiger partial charge in [0.2, 0.25) is 0 Å². The summed E-state index contributed by atoms with van der Waals surface area (Å²) in [5.74, 6) is -0.113. The molecule has 4 aromatic rings. The molecule has 0 saturated carbocycles. The van der Waals surface area contributed by atoms with E-state index in [4.69, 9.17) is 4.74 Å². The van der Waals surface area contributed by atoms with Gasteiger partial charge in [-0.05, 0) is 36.1 Å². The molecule has 7 heteroatoms. The predicted molar refractivity (Wildman–Crippen MR) is 148 cm³/mol. The highest BCUT2D eigenvalue weighted by Crippen LogP contribution is 2.31. The Balaban J connectivity index is 1.73. The number of carbonyl (C=O) groups is 1. The van der Waals surface area contributed by atoms with Crippen molar-refractivity contribution in [2.45, 2.75) is 39.3 Å². The van der Waals surface area contributed by atoms with E-state index < -0.39 is 12.0 Å². The number of hydrogen-bond donors (Lipinski definition) is 0. The van der Waals surface area contributed by atoms with Crippen LogP contribution in [0.5, 0.6) is 0 Å². The Hall–Kier alpha value is -3.97. The molecule has 188 valence electrons. The molecule has 0 bridgehead atoms. The molecule has 0 fully saturated rings. The van der Waals surface area contributed by atoms with Crippen LogP contribution in [-0.2, 0) is 16.1 Å². The van der Waals surface area contributed by atoms with Gasteiger partial charge >= 0.3 is 5.97 Å². The molecule has 0 radical (unpaired) electrons. The van der Waals surface area contributed by atoms with Crippen LogP contribution >= 0.6 is 11.3 Å². The molecule has 0 amide bonds. The van der Waals surface area contributed by atoms with Crippen LogP contribution in [0.3, 0.4) is 0 Å². The van der Waals surface area contributed by atoms with Crippen molar-refractivity contribution in [1.82, 2.24) is 9.13 Å². The molecule has 0 saturated heterocycles. The molecule has 1 unspecified atom stereocenters. The van der Waals surface area contributed by atoms with Crippen molar-refractivity contribution in [2.24, 2.45) is 4.99 Å². The van der Waals surface area contributed by atoms with Crippen molar-refractivity contribution in [3.63, 3.8) is 0 Å². The second-order valence-electron chi connectivity index (χ2n) is 9.44. The molecular formula is C30H29N3O3S. The number of para-hydroxylation sites is 1. The quantitative estimate of drug-likeness (QED) is 0.279. The summed E-state index contributed by atoms with van der Waals surface area (Å²) in [5.41, 5.74) is 4.80. The summed E-state index contributed by atoms with van der Waals surface area (Å²) in [5, 5.41) is 1.06. The van der Waals surface area contributed by atoms with E-state index in [0.717, 1.165) is 22.0 Å². The third kappa shape index (κ3) is 4.29. The maximum Gasteiger partial charge on any atom is 0.338 e. The number of ether oxygens (including phenoxy) is 1. The van der Waals surface area contributed by atoms with Gasteiger partial charge in [-0.15, -0.1) is 6.58 Å². The Bertz CT molecular complexity index is 1730. The Morgan fingerprint density at radius 2 is 1.92 bits per heavy atom. The lowest BCUT2D eigenvalue weighted by atomic mass is 9.93. The number of thiazole rings is 1. The summed E-state index contributed by atoms with van der Waals surface area (Å²) in [7, 11) is 1.35. The van der Waals surface area contributed by atoms with Crippen molar-refractivity contribution in [3.05, 3.63) is 115 Å². The molecule has 37 heavy (non-hydrogen) atoms. The van der Waals surface area contributed by atoms with Gasteiger partial charge in [0.15, 0.2) is 4.80 Å². The first kappa shape index (κ1) is 24.7. The van der Waals surface area contributed by atoms with Gasteiger partial charge in [0.05, 0.1) is 29.0 Å². The SMILES string of the molecule is C=CCn1cc(/C=c2/sc3n(c2=O)C(c2ccc(C(C)C)cc2)C(C(=O)OC)=C(C)N=3)c2ccccc21. The van der Waals surface area contributed by atoms with Crippen LogP contribution in [0.2, 0.25) is 0 Å². The molecule has 1 atom stereocenters. The fourth-order valence-electron chi connectivity index (χ4n) is 4.89. The van der Waals surface area contributed by atoms with Gasteiger partial charge in [-0.1, -0.05) is 73.7 Å². The minimum Gasteiger partial charge on any atom is -0.466 e. The molecule has 1 aliphatic rings. The Morgan fingerprint density at radius 3 is 2.59 bits per heavy atom. The molecular weight excluding hydrogens is 482 g/mol. The fourth-order valence-corrected chi connectivity index (χ4v) is 5.93. The van der Waals surface area contributed by atoms with Crippen molar-refractivity contribution < 1.29 is 9.53 Å². The lowest BCUT2D eigenvalue weighted by Gasteiger charge is -2.24. The molecule has 5 rings (SSSR count). The maximum atomic E-state index is 13.9. The summed E-state index contributed by atoms with van der Waals surface area (Å²) in [6.07, 6.45) is 5.81. The predicted octanol–water partition coefficient (Wildman–Crippen LogP) is 4.67. The van der Waals surface area contributed by atoms with Gasteiger partial charge in [0.25, 0.3) is 5.56 Å². The van der Waals surface area contributed by atoms with Gasteiger partial charge in [-0.25, -0.2) is 9.79 Å². The average molecular weight is 512 g/mol. The molecule has 3 heterocycles. The number of nitrogens with zero attached hydrogens (tertiary/aromatic N) is 3. The second-order valence-corrected chi connectivity index (χ2v) is 10.4. The standard InChI is InChI=1S/C30H29N3O3S/c1-6-15-32-17-22(23-9-7-8-10-24(23)32)16-25-28(34)33-27(21-13-11-20(12-14-21)18(2)3)26(29(35)36-5)19(4)31-30(33)37-25/h6-14,16-18,27H,1,15H2,2-5H3/b25-16+. The first-order valence-electron chi connectivity index (χ1n) is 12.2. The number of esters is 1. The van der Waals surface area contributed by atoms with Crippen LogP contribution < -0.4 is 14.9 Å². The van der Waals surface area contributed by atoms with Gasteiger partial charge in [0, 0.05) is 29.2 Å². The zero-order chi connectivity index (χ0) is 26.3. The molecule has 2 aromatic carbocycles.